The lowest BCUT2D eigenvalue weighted by Gasteiger charge is -2.27. The van der Waals surface area contributed by atoms with Crippen LogP contribution in [-0.2, 0) is 4.79 Å². The fraction of sp³-hybridized carbons (Fsp3) is 0.533. The molecule has 112 valence electrons. The van der Waals surface area contributed by atoms with Gasteiger partial charge in [0.1, 0.15) is 0 Å². The highest BCUT2D eigenvalue weighted by molar-refractivity contribution is 5.94. The van der Waals surface area contributed by atoms with Crippen molar-refractivity contribution in [2.24, 2.45) is 23.5 Å². The van der Waals surface area contributed by atoms with E-state index in [1.54, 1.807) is 19.1 Å². The minimum Gasteiger partial charge on any atom is -0.327 e. The molecule has 6 nitrogen and oxygen atoms in total. The molecule has 2 bridgehead atoms. The number of nitrogens with two attached hydrogens (primary N) is 1. The molecule has 21 heavy (non-hydrogen) atoms. The maximum atomic E-state index is 12.5. The molecule has 2 aliphatic rings. The van der Waals surface area contributed by atoms with Crippen LogP contribution in [0.3, 0.4) is 0 Å². The Morgan fingerprint density at radius 1 is 1.38 bits per heavy atom. The Bertz CT molecular complexity index is 600. The van der Waals surface area contributed by atoms with Crippen molar-refractivity contribution >= 4 is 17.3 Å². The number of nitro groups is 1. The van der Waals surface area contributed by atoms with Gasteiger partial charge in [0, 0.05) is 12.1 Å². The Morgan fingerprint density at radius 3 is 2.71 bits per heavy atom. The molecule has 2 aliphatic carbocycles. The van der Waals surface area contributed by atoms with E-state index in [-0.39, 0.29) is 23.6 Å². The van der Waals surface area contributed by atoms with Gasteiger partial charge in [0.25, 0.3) is 5.69 Å². The van der Waals surface area contributed by atoms with Crippen LogP contribution in [0.15, 0.2) is 18.2 Å². The molecule has 3 rings (SSSR count). The van der Waals surface area contributed by atoms with E-state index >= 15 is 0 Å². The zero-order valence-electron chi connectivity index (χ0n) is 11.9. The normalized spacial score (nSPS) is 30.4. The van der Waals surface area contributed by atoms with Gasteiger partial charge in [-0.2, -0.15) is 0 Å². The smallest absolute Gasteiger partial charge is 0.274 e. The van der Waals surface area contributed by atoms with Gasteiger partial charge in [0.05, 0.1) is 22.1 Å². The number of hydrogen-bond donors (Lipinski definition) is 2. The maximum absolute atomic E-state index is 12.5. The van der Waals surface area contributed by atoms with E-state index < -0.39 is 4.92 Å². The zero-order chi connectivity index (χ0) is 15.1. The molecular formula is C15H19N3O3. The Kier molecular flexibility index (Phi) is 3.41. The van der Waals surface area contributed by atoms with Gasteiger partial charge in [0.15, 0.2) is 0 Å². The molecule has 0 aromatic heterocycles. The predicted octanol–water partition coefficient (Wildman–Crippen LogP) is 2.22. The van der Waals surface area contributed by atoms with Crippen LogP contribution in [0.25, 0.3) is 0 Å². The molecule has 4 unspecified atom stereocenters. The molecule has 3 N–H and O–H groups in total. The van der Waals surface area contributed by atoms with Crippen LogP contribution in [0.5, 0.6) is 0 Å². The number of fused-ring (bicyclic) bond motifs is 2. The summed E-state index contributed by atoms with van der Waals surface area (Å²) in [5.41, 5.74) is 7.17. The van der Waals surface area contributed by atoms with Crippen molar-refractivity contribution in [3.8, 4) is 0 Å². The number of nitrogens with one attached hydrogen (secondary N) is 1. The fourth-order valence-corrected chi connectivity index (χ4v) is 3.90. The summed E-state index contributed by atoms with van der Waals surface area (Å²) in [5, 5.41) is 13.8. The number of rotatable bonds is 3. The minimum absolute atomic E-state index is 0.0186. The quantitative estimate of drug-likeness (QED) is 0.658. The van der Waals surface area contributed by atoms with Crippen molar-refractivity contribution in [2.45, 2.75) is 32.2 Å². The second kappa shape index (κ2) is 5.11. The number of nitrogens with zero attached hydrogens (tertiary/aromatic N) is 1. The Balaban J connectivity index is 1.80. The van der Waals surface area contributed by atoms with Gasteiger partial charge in [-0.3, -0.25) is 14.9 Å². The molecule has 0 heterocycles. The van der Waals surface area contributed by atoms with Crippen LogP contribution < -0.4 is 11.1 Å². The van der Waals surface area contributed by atoms with E-state index in [1.807, 2.05) is 0 Å². The Hall–Kier alpha value is -1.95. The molecule has 0 radical (unpaired) electrons. The number of hydrogen-bond acceptors (Lipinski definition) is 4. The average molecular weight is 289 g/mol. The van der Waals surface area contributed by atoms with Gasteiger partial charge in [-0.15, -0.1) is 0 Å². The Labute approximate surface area is 122 Å². The second-order valence-electron chi connectivity index (χ2n) is 6.13. The minimum atomic E-state index is -0.436. The molecular weight excluding hydrogens is 270 g/mol. The highest BCUT2D eigenvalue weighted by Gasteiger charge is 2.49. The number of nitro benzene ring substituents is 1. The highest BCUT2D eigenvalue weighted by atomic mass is 16.6. The first-order valence-electron chi connectivity index (χ1n) is 7.29. The lowest BCUT2D eigenvalue weighted by Crippen LogP contribution is -2.42. The van der Waals surface area contributed by atoms with Gasteiger partial charge in [-0.1, -0.05) is 6.07 Å². The van der Waals surface area contributed by atoms with Crippen molar-refractivity contribution < 1.29 is 9.72 Å². The summed E-state index contributed by atoms with van der Waals surface area (Å²) in [6.45, 7) is 1.65. The van der Waals surface area contributed by atoms with Crippen LogP contribution in [0.2, 0.25) is 0 Å². The van der Waals surface area contributed by atoms with Crippen LogP contribution in [0.4, 0.5) is 11.4 Å². The molecule has 0 aliphatic heterocycles. The standard InChI is InChI=1S/C15H19N3O3/c1-8-11(3-2-4-12(8)18(20)21)17-15(19)13-9-5-6-10(7-9)14(13)16/h2-4,9-10,13-14H,5-7,16H2,1H3,(H,17,19). The molecule has 1 aromatic rings. The van der Waals surface area contributed by atoms with Gasteiger partial charge in [0.2, 0.25) is 5.91 Å². The van der Waals surface area contributed by atoms with E-state index in [9.17, 15) is 14.9 Å². The topological polar surface area (TPSA) is 98.3 Å². The fourth-order valence-electron chi connectivity index (χ4n) is 3.90. The highest BCUT2D eigenvalue weighted by Crippen LogP contribution is 2.48. The van der Waals surface area contributed by atoms with Gasteiger partial charge in [-0.25, -0.2) is 0 Å². The SMILES string of the molecule is Cc1c(NC(=O)C2C3CCC(C3)C2N)cccc1[N+](=O)[O-]. The molecule has 2 saturated carbocycles. The molecule has 6 heteroatoms. The Morgan fingerprint density at radius 2 is 2.10 bits per heavy atom. The summed E-state index contributed by atoms with van der Waals surface area (Å²) in [6.07, 6.45) is 3.21. The summed E-state index contributed by atoms with van der Waals surface area (Å²) < 4.78 is 0. The maximum Gasteiger partial charge on any atom is 0.274 e. The van der Waals surface area contributed by atoms with Crippen LogP contribution in [0.1, 0.15) is 24.8 Å². The van der Waals surface area contributed by atoms with E-state index in [4.69, 9.17) is 5.73 Å². The predicted molar refractivity (Wildman–Crippen MR) is 78.8 cm³/mol. The van der Waals surface area contributed by atoms with Crippen molar-refractivity contribution in [3.05, 3.63) is 33.9 Å². The van der Waals surface area contributed by atoms with E-state index in [0.717, 1.165) is 19.3 Å². The second-order valence-corrected chi connectivity index (χ2v) is 6.13. The van der Waals surface area contributed by atoms with E-state index in [2.05, 4.69) is 5.32 Å². The third-order valence-corrected chi connectivity index (χ3v) is 5.04. The summed E-state index contributed by atoms with van der Waals surface area (Å²) in [4.78, 5) is 23.0. The average Bonchev–Trinajstić information content (AvgIpc) is 3.01. The van der Waals surface area contributed by atoms with E-state index in [1.165, 1.54) is 6.07 Å². The summed E-state index contributed by atoms with van der Waals surface area (Å²) in [5.74, 6) is 0.557. The third kappa shape index (κ3) is 2.29. The third-order valence-electron chi connectivity index (χ3n) is 5.04. The molecule has 4 atom stereocenters. The van der Waals surface area contributed by atoms with Crippen LogP contribution >= 0.6 is 0 Å². The summed E-state index contributed by atoms with van der Waals surface area (Å²) >= 11 is 0. The molecule has 2 fully saturated rings. The van der Waals surface area contributed by atoms with Gasteiger partial charge in [-0.05, 0) is 44.1 Å². The zero-order valence-corrected chi connectivity index (χ0v) is 11.9. The number of carbonyl (C=O) groups excluding carboxylic acids is 1. The molecule has 1 aromatic carbocycles. The number of amides is 1. The van der Waals surface area contributed by atoms with Gasteiger partial charge >= 0.3 is 0 Å². The first kappa shape index (κ1) is 14.0. The first-order chi connectivity index (χ1) is 9.99. The van der Waals surface area contributed by atoms with Gasteiger partial charge < -0.3 is 11.1 Å². The molecule has 1 amide bonds. The molecule has 0 spiro atoms. The summed E-state index contributed by atoms with van der Waals surface area (Å²) in [6, 6.07) is 4.64. The lowest BCUT2D eigenvalue weighted by atomic mass is 9.84. The van der Waals surface area contributed by atoms with Crippen molar-refractivity contribution in [2.75, 3.05) is 5.32 Å². The van der Waals surface area contributed by atoms with Crippen molar-refractivity contribution in [3.63, 3.8) is 0 Å². The number of anilines is 1. The molecule has 0 saturated heterocycles. The van der Waals surface area contributed by atoms with Crippen LogP contribution in [-0.4, -0.2) is 16.9 Å². The van der Waals surface area contributed by atoms with Crippen molar-refractivity contribution in [1.29, 1.82) is 0 Å². The monoisotopic (exact) mass is 289 g/mol. The number of benzene rings is 1. The largest absolute Gasteiger partial charge is 0.327 e. The number of carbonyl (C=O) groups is 1. The summed E-state index contributed by atoms with van der Waals surface area (Å²) in [7, 11) is 0. The van der Waals surface area contributed by atoms with E-state index in [0.29, 0.717) is 23.1 Å². The van der Waals surface area contributed by atoms with Crippen molar-refractivity contribution in [1.82, 2.24) is 0 Å². The lowest BCUT2D eigenvalue weighted by molar-refractivity contribution is -0.385. The van der Waals surface area contributed by atoms with Crippen LogP contribution in [0, 0.1) is 34.8 Å². The first-order valence-corrected chi connectivity index (χ1v) is 7.29.